The van der Waals surface area contributed by atoms with Gasteiger partial charge >= 0.3 is 0 Å². The number of para-hydroxylation sites is 2. The molecule has 0 atom stereocenters. The lowest BCUT2D eigenvalue weighted by Gasteiger charge is -2.24. The first-order valence-corrected chi connectivity index (χ1v) is 15.4. The zero-order valence-electron chi connectivity index (χ0n) is 25.1. The van der Waals surface area contributed by atoms with Crippen LogP contribution in [0.5, 0.6) is 17.2 Å². The Morgan fingerprint density at radius 2 is 1.49 bits per heavy atom. The third-order valence-corrected chi connectivity index (χ3v) is 8.15. The number of amides is 2. The Labute approximate surface area is 262 Å². The van der Waals surface area contributed by atoms with Gasteiger partial charge in [-0.25, -0.2) is 13.8 Å². The zero-order valence-corrected chi connectivity index (χ0v) is 25.9. The predicted octanol–water partition coefficient (Wildman–Crippen LogP) is 4.77. The summed E-state index contributed by atoms with van der Waals surface area (Å²) in [6, 6.07) is 26.6. The van der Waals surface area contributed by atoms with Gasteiger partial charge in [0.05, 0.1) is 36.2 Å². The molecule has 0 spiro atoms. The lowest BCUT2D eigenvalue weighted by molar-refractivity contribution is -0.119. The average Bonchev–Trinajstić information content (AvgIpc) is 3.04. The van der Waals surface area contributed by atoms with Crippen molar-refractivity contribution in [3.63, 3.8) is 0 Å². The number of carbonyl (C=O) groups is 2. The van der Waals surface area contributed by atoms with Crippen LogP contribution in [0.3, 0.4) is 0 Å². The maximum atomic E-state index is 13.6. The van der Waals surface area contributed by atoms with Gasteiger partial charge in [0.15, 0.2) is 6.61 Å². The Bertz CT molecular complexity index is 1720. The van der Waals surface area contributed by atoms with Crippen molar-refractivity contribution < 1.29 is 32.2 Å². The summed E-state index contributed by atoms with van der Waals surface area (Å²) >= 11 is 0. The van der Waals surface area contributed by atoms with Crippen LogP contribution in [0.25, 0.3) is 0 Å². The van der Waals surface area contributed by atoms with Gasteiger partial charge in [-0.2, -0.15) is 5.10 Å². The summed E-state index contributed by atoms with van der Waals surface area (Å²) in [6.45, 7) is 3.46. The van der Waals surface area contributed by atoms with Crippen LogP contribution in [0.4, 0.5) is 11.4 Å². The van der Waals surface area contributed by atoms with Gasteiger partial charge in [0.1, 0.15) is 23.8 Å². The van der Waals surface area contributed by atoms with Gasteiger partial charge in [-0.3, -0.25) is 13.9 Å². The van der Waals surface area contributed by atoms with E-state index in [0.29, 0.717) is 40.8 Å². The second kappa shape index (κ2) is 15.4. The molecule has 12 heteroatoms. The molecule has 2 amide bonds. The number of rotatable bonds is 14. The standard InChI is InChI=1S/C33H34N4O7S/c1-4-43-27-17-19-29(20-18-27)45(40,41)37(26-13-9-24(2)10-14-26)22-32(38)36-34-21-25-11-15-28(16-12-25)44-23-33(39)35-30-7-5-6-8-31(30)42-3/h5-21H,4,22-23H2,1-3H3,(H,35,39)(H,36,38)/b34-21-. The molecule has 0 unspecified atom stereocenters. The van der Waals surface area contributed by atoms with Crippen molar-refractivity contribution in [2.45, 2.75) is 18.7 Å². The molecular formula is C33H34N4O7S. The van der Waals surface area contributed by atoms with Crippen LogP contribution in [0.1, 0.15) is 18.1 Å². The largest absolute Gasteiger partial charge is 0.495 e. The summed E-state index contributed by atoms with van der Waals surface area (Å²) in [5.41, 5.74) is 4.84. The van der Waals surface area contributed by atoms with Gasteiger partial charge < -0.3 is 19.5 Å². The molecule has 0 aliphatic rings. The second-order valence-corrected chi connectivity index (χ2v) is 11.5. The Morgan fingerprint density at radius 3 is 2.16 bits per heavy atom. The number of anilines is 2. The third-order valence-electron chi connectivity index (χ3n) is 6.37. The number of methoxy groups -OCH3 is 1. The number of hydrogen-bond acceptors (Lipinski definition) is 8. The van der Waals surface area contributed by atoms with Crippen LogP contribution in [0.15, 0.2) is 107 Å². The summed E-state index contributed by atoms with van der Waals surface area (Å²) in [5, 5.41) is 6.71. The Kier molecular flexibility index (Phi) is 11.1. The summed E-state index contributed by atoms with van der Waals surface area (Å²) < 4.78 is 44.4. The Morgan fingerprint density at radius 1 is 0.844 bits per heavy atom. The van der Waals surface area contributed by atoms with Gasteiger partial charge in [-0.15, -0.1) is 0 Å². The third kappa shape index (κ3) is 9.07. The van der Waals surface area contributed by atoms with Crippen molar-refractivity contribution in [2.75, 3.05) is 36.5 Å². The van der Waals surface area contributed by atoms with Crippen LogP contribution in [-0.2, 0) is 19.6 Å². The minimum Gasteiger partial charge on any atom is -0.495 e. The maximum Gasteiger partial charge on any atom is 0.264 e. The number of ether oxygens (including phenoxy) is 3. The lowest BCUT2D eigenvalue weighted by atomic mass is 10.2. The van der Waals surface area contributed by atoms with Crippen LogP contribution in [-0.4, -0.2) is 53.3 Å². The highest BCUT2D eigenvalue weighted by Gasteiger charge is 2.27. The SMILES string of the molecule is CCOc1ccc(S(=O)(=O)N(CC(=O)N/N=C\c2ccc(OCC(=O)Nc3ccccc3OC)cc2)c2ccc(C)cc2)cc1. The van der Waals surface area contributed by atoms with Crippen molar-refractivity contribution >= 4 is 39.4 Å². The molecule has 0 saturated carbocycles. The molecule has 0 bridgehead atoms. The molecule has 0 aliphatic heterocycles. The van der Waals surface area contributed by atoms with Gasteiger partial charge in [-0.1, -0.05) is 29.8 Å². The highest BCUT2D eigenvalue weighted by atomic mass is 32.2. The lowest BCUT2D eigenvalue weighted by Crippen LogP contribution is -2.39. The fourth-order valence-corrected chi connectivity index (χ4v) is 5.53. The van der Waals surface area contributed by atoms with Crippen molar-refractivity contribution in [3.8, 4) is 17.2 Å². The average molecular weight is 631 g/mol. The van der Waals surface area contributed by atoms with E-state index in [2.05, 4.69) is 15.8 Å². The van der Waals surface area contributed by atoms with Gasteiger partial charge in [0, 0.05) is 0 Å². The normalized spacial score (nSPS) is 11.1. The van der Waals surface area contributed by atoms with Gasteiger partial charge in [0.25, 0.3) is 21.8 Å². The van der Waals surface area contributed by atoms with Crippen molar-refractivity contribution in [2.24, 2.45) is 5.10 Å². The number of benzene rings is 4. The van der Waals surface area contributed by atoms with E-state index in [1.807, 2.05) is 13.8 Å². The molecule has 0 heterocycles. The summed E-state index contributed by atoms with van der Waals surface area (Å²) in [6.07, 6.45) is 1.41. The Hall–Kier alpha value is -5.36. The molecule has 0 aromatic heterocycles. The van der Waals surface area contributed by atoms with Crippen LogP contribution in [0, 0.1) is 6.92 Å². The smallest absolute Gasteiger partial charge is 0.264 e. The molecule has 4 aromatic rings. The van der Waals surface area contributed by atoms with E-state index in [4.69, 9.17) is 14.2 Å². The first-order valence-electron chi connectivity index (χ1n) is 14.0. The van der Waals surface area contributed by atoms with E-state index >= 15 is 0 Å². The number of hydrogen-bond donors (Lipinski definition) is 2. The maximum absolute atomic E-state index is 13.6. The minimum absolute atomic E-state index is 0.0161. The second-order valence-electron chi connectivity index (χ2n) is 9.65. The predicted molar refractivity (Wildman–Crippen MR) is 173 cm³/mol. The molecule has 2 N–H and O–H groups in total. The highest BCUT2D eigenvalue weighted by Crippen LogP contribution is 2.26. The number of sulfonamides is 1. The monoisotopic (exact) mass is 630 g/mol. The number of hydrazone groups is 1. The topological polar surface area (TPSA) is 136 Å². The van der Waals surface area contributed by atoms with Gasteiger partial charge in [0.2, 0.25) is 0 Å². The summed E-state index contributed by atoms with van der Waals surface area (Å²) in [5.74, 6) is 0.553. The first kappa shape index (κ1) is 32.6. The van der Waals surface area contributed by atoms with Crippen LogP contribution >= 0.6 is 0 Å². The van der Waals surface area contributed by atoms with Crippen molar-refractivity contribution in [3.05, 3.63) is 108 Å². The minimum atomic E-state index is -4.09. The number of nitrogens with zero attached hydrogens (tertiary/aromatic N) is 2. The van der Waals surface area contributed by atoms with Crippen LogP contribution < -0.4 is 29.3 Å². The highest BCUT2D eigenvalue weighted by molar-refractivity contribution is 7.92. The Balaban J connectivity index is 1.35. The number of carbonyl (C=O) groups excluding carboxylic acids is 2. The van der Waals surface area contributed by atoms with Crippen molar-refractivity contribution in [1.29, 1.82) is 0 Å². The quantitative estimate of drug-likeness (QED) is 0.151. The fourth-order valence-electron chi connectivity index (χ4n) is 4.11. The molecule has 0 aliphatic carbocycles. The number of nitrogens with one attached hydrogen (secondary N) is 2. The van der Waals surface area contributed by atoms with Gasteiger partial charge in [-0.05, 0) is 92.2 Å². The molecular weight excluding hydrogens is 596 g/mol. The molecule has 0 radical (unpaired) electrons. The molecule has 0 saturated heterocycles. The van der Waals surface area contributed by atoms with Crippen molar-refractivity contribution in [1.82, 2.24) is 5.43 Å². The van der Waals surface area contributed by atoms with Crippen LogP contribution in [0.2, 0.25) is 0 Å². The summed E-state index contributed by atoms with van der Waals surface area (Å²) in [4.78, 5) is 25.2. The van der Waals surface area contributed by atoms with E-state index < -0.39 is 22.5 Å². The van der Waals surface area contributed by atoms with E-state index in [0.717, 1.165) is 9.87 Å². The van der Waals surface area contributed by atoms with E-state index in [1.165, 1.54) is 25.5 Å². The molecule has 234 valence electrons. The molecule has 4 aromatic carbocycles. The van der Waals surface area contributed by atoms with E-state index in [-0.39, 0.29) is 17.4 Å². The summed E-state index contributed by atoms with van der Waals surface area (Å²) in [7, 11) is -2.57. The molecule has 0 fully saturated rings. The van der Waals surface area contributed by atoms with E-state index in [9.17, 15) is 18.0 Å². The number of aryl methyl sites for hydroxylation is 1. The molecule has 4 rings (SSSR count). The first-order chi connectivity index (χ1) is 21.7. The zero-order chi connectivity index (χ0) is 32.2. The molecule has 45 heavy (non-hydrogen) atoms. The molecule has 11 nitrogen and oxygen atoms in total. The van der Waals surface area contributed by atoms with E-state index in [1.54, 1.807) is 84.9 Å². The fraction of sp³-hybridized carbons (Fsp3) is 0.182.